The van der Waals surface area contributed by atoms with Crippen molar-refractivity contribution in [2.45, 2.75) is 75.3 Å². The average molecular weight is 555 g/mol. The molecule has 0 aromatic heterocycles. The van der Waals surface area contributed by atoms with Crippen LogP contribution < -0.4 is 21.3 Å². The Labute approximate surface area is 230 Å². The largest absolute Gasteiger partial charge is 0.384 e. The number of carbonyl (C=O) groups is 2. The van der Waals surface area contributed by atoms with Crippen molar-refractivity contribution in [3.63, 3.8) is 0 Å². The van der Waals surface area contributed by atoms with E-state index in [0.29, 0.717) is 37.2 Å². The molecular weight excluding hydrogens is 516 g/mol. The number of anilines is 2. The van der Waals surface area contributed by atoms with Gasteiger partial charge >= 0.3 is 6.03 Å². The van der Waals surface area contributed by atoms with Gasteiger partial charge in [0.2, 0.25) is 15.9 Å². The van der Waals surface area contributed by atoms with Crippen LogP contribution in [0.1, 0.15) is 63.9 Å². The van der Waals surface area contributed by atoms with Gasteiger partial charge in [-0.2, -0.15) is 4.31 Å². The van der Waals surface area contributed by atoms with E-state index in [-0.39, 0.29) is 34.8 Å². The Morgan fingerprint density at radius 1 is 0.974 bits per heavy atom. The number of piperidine rings is 1. The Morgan fingerprint density at radius 3 is 2.21 bits per heavy atom. The zero-order valence-electron chi connectivity index (χ0n) is 22.4. The number of carbonyl (C=O) groups excluding carboxylic acids is 2. The molecule has 1 aliphatic heterocycles. The maximum Gasteiger partial charge on any atom is 0.322 e. The zero-order chi connectivity index (χ0) is 28.0. The Bertz CT molecular complexity index is 1280. The van der Waals surface area contributed by atoms with Gasteiger partial charge in [-0.3, -0.25) is 15.1 Å². The summed E-state index contributed by atoms with van der Waals surface area (Å²) >= 11 is 0. The number of amides is 3. The lowest BCUT2D eigenvalue weighted by atomic mass is 10.0. The fourth-order valence-corrected chi connectivity index (χ4v) is 6.85. The van der Waals surface area contributed by atoms with Gasteiger partial charge in [-0.05, 0) is 62.1 Å². The van der Waals surface area contributed by atoms with E-state index < -0.39 is 10.0 Å². The van der Waals surface area contributed by atoms with Gasteiger partial charge in [-0.25, -0.2) is 13.2 Å². The molecule has 0 radical (unpaired) electrons. The molecule has 2 aromatic carbocycles. The van der Waals surface area contributed by atoms with E-state index in [1.807, 2.05) is 17.0 Å². The number of urea groups is 1. The second-order valence-electron chi connectivity index (χ2n) is 10.3. The number of nitrogens with zero attached hydrogens (tertiary/aromatic N) is 2. The van der Waals surface area contributed by atoms with E-state index in [4.69, 9.17) is 11.1 Å². The summed E-state index contributed by atoms with van der Waals surface area (Å²) in [6.07, 6.45) is 7.25. The summed E-state index contributed by atoms with van der Waals surface area (Å²) in [4.78, 5) is 26.9. The normalized spacial score (nSPS) is 17.7. The minimum absolute atomic E-state index is 0.0450. The monoisotopic (exact) mass is 554 g/mol. The zero-order valence-corrected chi connectivity index (χ0v) is 23.2. The lowest BCUT2D eigenvalue weighted by Crippen LogP contribution is -2.52. The van der Waals surface area contributed by atoms with Crippen molar-refractivity contribution in [2.24, 2.45) is 5.73 Å². The predicted octanol–water partition coefficient (Wildman–Crippen LogP) is 4.02. The fraction of sp³-hybridized carbons (Fsp3) is 0.464. The molecule has 1 heterocycles. The molecule has 2 aromatic rings. The molecule has 1 saturated heterocycles. The number of hydrogen-bond acceptors (Lipinski definition) is 5. The molecule has 210 valence electrons. The molecule has 2 aliphatic rings. The first-order valence-electron chi connectivity index (χ1n) is 13.6. The molecule has 0 spiro atoms. The van der Waals surface area contributed by atoms with E-state index in [0.717, 1.165) is 44.2 Å². The molecule has 1 saturated carbocycles. The van der Waals surface area contributed by atoms with Crippen LogP contribution in [0.3, 0.4) is 0 Å². The highest BCUT2D eigenvalue weighted by molar-refractivity contribution is 7.89. The van der Waals surface area contributed by atoms with E-state index in [9.17, 15) is 18.0 Å². The van der Waals surface area contributed by atoms with Crippen LogP contribution in [-0.4, -0.2) is 55.7 Å². The highest BCUT2D eigenvalue weighted by Crippen LogP contribution is 2.28. The third kappa shape index (κ3) is 7.15. The second kappa shape index (κ2) is 12.6. The van der Waals surface area contributed by atoms with Gasteiger partial charge in [0, 0.05) is 49.0 Å². The first kappa shape index (κ1) is 28.6. The lowest BCUT2D eigenvalue weighted by molar-refractivity contribution is -0.114. The van der Waals surface area contributed by atoms with Gasteiger partial charge in [0.1, 0.15) is 5.84 Å². The topological polar surface area (TPSA) is 149 Å². The summed E-state index contributed by atoms with van der Waals surface area (Å²) in [6.45, 7) is 1.99. The highest BCUT2D eigenvalue weighted by Gasteiger charge is 2.32. The smallest absolute Gasteiger partial charge is 0.322 e. The van der Waals surface area contributed by atoms with Crippen LogP contribution >= 0.6 is 0 Å². The average Bonchev–Trinajstić information content (AvgIpc) is 3.19. The lowest BCUT2D eigenvalue weighted by Gasteiger charge is -2.36. The molecule has 11 heteroatoms. The summed E-state index contributed by atoms with van der Waals surface area (Å²) in [5, 5.41) is 13.6. The molecule has 4 rings (SSSR count). The molecule has 0 atom stereocenters. The third-order valence-electron chi connectivity index (χ3n) is 7.44. The van der Waals surface area contributed by atoms with Crippen molar-refractivity contribution in [3.8, 4) is 0 Å². The predicted molar refractivity (Wildman–Crippen MR) is 152 cm³/mol. The Balaban J connectivity index is 1.43. The number of nitrogens with two attached hydrogens (primary N) is 1. The standard InChI is InChI=1S/C28H38N6O4S/c1-20(35)31-22-11-13-26(14-12-22)39(37,38)33-17-15-23(16-18-33)32-28(36)34(24-8-4-2-3-5-9-24)25-10-6-7-21(19-25)27(29)30/h6-7,10-14,19,23-24H,2-5,8-9,15-18H2,1H3,(H3,29,30)(H,31,35)(H,32,36). The molecule has 0 unspecified atom stereocenters. The number of rotatable bonds is 7. The summed E-state index contributed by atoms with van der Waals surface area (Å²) in [5.41, 5.74) is 7.55. The van der Waals surface area contributed by atoms with E-state index in [1.54, 1.807) is 24.3 Å². The summed E-state index contributed by atoms with van der Waals surface area (Å²) in [7, 11) is -3.69. The molecular formula is C28H38N6O4S. The second-order valence-corrected chi connectivity index (χ2v) is 12.3. The van der Waals surface area contributed by atoms with Crippen LogP contribution in [0.15, 0.2) is 53.4 Å². The van der Waals surface area contributed by atoms with Crippen LogP contribution in [0.2, 0.25) is 0 Å². The van der Waals surface area contributed by atoms with E-state index in [2.05, 4.69) is 10.6 Å². The van der Waals surface area contributed by atoms with Gasteiger partial charge in [0.05, 0.1) is 4.90 Å². The minimum Gasteiger partial charge on any atom is -0.384 e. The first-order valence-corrected chi connectivity index (χ1v) is 15.0. The van der Waals surface area contributed by atoms with Crippen molar-refractivity contribution >= 4 is 39.2 Å². The third-order valence-corrected chi connectivity index (χ3v) is 9.35. The first-order chi connectivity index (χ1) is 18.6. The Morgan fingerprint density at radius 2 is 1.62 bits per heavy atom. The summed E-state index contributed by atoms with van der Waals surface area (Å²) in [6, 6.07) is 13.1. The fourth-order valence-electron chi connectivity index (χ4n) is 5.38. The van der Waals surface area contributed by atoms with Gasteiger partial charge in [-0.15, -0.1) is 0 Å². The van der Waals surface area contributed by atoms with Crippen molar-refractivity contribution in [1.29, 1.82) is 5.41 Å². The number of hydrogen-bond donors (Lipinski definition) is 4. The maximum atomic E-state index is 13.7. The molecule has 10 nitrogen and oxygen atoms in total. The molecule has 1 aliphatic carbocycles. The van der Waals surface area contributed by atoms with Crippen LogP contribution in [0, 0.1) is 5.41 Å². The maximum absolute atomic E-state index is 13.7. The van der Waals surface area contributed by atoms with E-state index in [1.165, 1.54) is 23.4 Å². The van der Waals surface area contributed by atoms with Crippen LogP contribution in [0.4, 0.5) is 16.2 Å². The van der Waals surface area contributed by atoms with E-state index >= 15 is 0 Å². The quantitative estimate of drug-likeness (QED) is 0.232. The summed E-state index contributed by atoms with van der Waals surface area (Å²) in [5.74, 6) is -0.268. The van der Waals surface area contributed by atoms with Gasteiger partial charge in [-0.1, -0.05) is 37.8 Å². The Hall–Kier alpha value is -3.44. The van der Waals surface area contributed by atoms with Crippen LogP contribution in [-0.2, 0) is 14.8 Å². The van der Waals surface area contributed by atoms with Crippen molar-refractivity contribution in [1.82, 2.24) is 9.62 Å². The molecule has 5 N–H and O–H groups in total. The van der Waals surface area contributed by atoms with Crippen LogP contribution in [0.25, 0.3) is 0 Å². The number of sulfonamides is 1. The van der Waals surface area contributed by atoms with Gasteiger partial charge in [0.25, 0.3) is 0 Å². The van der Waals surface area contributed by atoms with Crippen LogP contribution in [0.5, 0.6) is 0 Å². The number of amidine groups is 1. The molecule has 39 heavy (non-hydrogen) atoms. The van der Waals surface area contributed by atoms with Gasteiger partial charge < -0.3 is 16.4 Å². The van der Waals surface area contributed by atoms with Crippen molar-refractivity contribution in [2.75, 3.05) is 23.3 Å². The van der Waals surface area contributed by atoms with Crippen molar-refractivity contribution in [3.05, 3.63) is 54.1 Å². The minimum atomic E-state index is -3.69. The molecule has 2 fully saturated rings. The van der Waals surface area contributed by atoms with Crippen molar-refractivity contribution < 1.29 is 18.0 Å². The molecule has 0 bridgehead atoms. The number of nitrogen functional groups attached to an aromatic ring is 1. The summed E-state index contributed by atoms with van der Waals surface area (Å²) < 4.78 is 27.8. The number of benzene rings is 2. The molecule has 3 amide bonds. The number of nitrogens with one attached hydrogen (secondary N) is 3. The van der Waals surface area contributed by atoms with Gasteiger partial charge in [0.15, 0.2) is 0 Å². The Kier molecular flexibility index (Phi) is 9.24. The highest BCUT2D eigenvalue weighted by atomic mass is 32.2. The SMILES string of the molecule is CC(=O)Nc1ccc(S(=O)(=O)N2CCC(NC(=O)N(c3cccc(C(=N)N)c3)C3CCCCCC3)CC2)cc1.